The van der Waals surface area contributed by atoms with E-state index in [4.69, 9.17) is 0 Å². The predicted octanol–water partition coefficient (Wildman–Crippen LogP) is 3.79. The maximum absolute atomic E-state index is 11.1. The highest BCUT2D eigenvalue weighted by Crippen LogP contribution is 2.28. The van der Waals surface area contributed by atoms with Crippen LogP contribution in [-0.2, 0) is 6.54 Å². The minimum absolute atomic E-state index is 0.157. The van der Waals surface area contributed by atoms with Gasteiger partial charge in [0.25, 0.3) is 5.69 Å². The molecule has 1 aliphatic carbocycles. The Morgan fingerprint density at radius 3 is 2.62 bits per heavy atom. The number of anilines is 1. The molecule has 0 saturated heterocycles. The molecule has 0 atom stereocenters. The minimum Gasteiger partial charge on any atom is -0.380 e. The standard InChI is InChI=1S/C16H25N3O2/c1-3-17-15-11-13(9-10-16(15)19(20)21)12-18(4-2)14-7-5-6-8-14/h9-11,14,17H,3-8,12H2,1-2H3. The molecule has 0 aromatic heterocycles. The van der Waals surface area contributed by atoms with Crippen molar-refractivity contribution in [2.75, 3.05) is 18.4 Å². The van der Waals surface area contributed by atoms with Crippen LogP contribution in [0.3, 0.4) is 0 Å². The van der Waals surface area contributed by atoms with E-state index in [1.54, 1.807) is 6.07 Å². The molecule has 1 saturated carbocycles. The van der Waals surface area contributed by atoms with Crippen LogP contribution in [0, 0.1) is 10.1 Å². The van der Waals surface area contributed by atoms with Gasteiger partial charge in [0, 0.05) is 25.2 Å². The highest BCUT2D eigenvalue weighted by molar-refractivity contribution is 5.62. The van der Waals surface area contributed by atoms with Gasteiger partial charge >= 0.3 is 0 Å². The number of hydrogen-bond donors (Lipinski definition) is 1. The molecule has 0 heterocycles. The van der Waals surface area contributed by atoms with Gasteiger partial charge in [-0.2, -0.15) is 0 Å². The topological polar surface area (TPSA) is 58.4 Å². The van der Waals surface area contributed by atoms with Gasteiger partial charge in [0.1, 0.15) is 5.69 Å². The number of rotatable bonds is 7. The number of benzene rings is 1. The molecule has 0 bridgehead atoms. The second-order valence-corrected chi connectivity index (χ2v) is 5.64. The zero-order chi connectivity index (χ0) is 15.2. The monoisotopic (exact) mass is 291 g/mol. The van der Waals surface area contributed by atoms with Crippen molar-refractivity contribution in [1.29, 1.82) is 0 Å². The van der Waals surface area contributed by atoms with Crippen molar-refractivity contribution in [2.45, 2.75) is 52.1 Å². The van der Waals surface area contributed by atoms with E-state index in [1.165, 1.54) is 25.7 Å². The first-order chi connectivity index (χ1) is 10.2. The van der Waals surface area contributed by atoms with E-state index >= 15 is 0 Å². The third-order valence-electron chi connectivity index (χ3n) is 4.26. The van der Waals surface area contributed by atoms with Crippen LogP contribution >= 0.6 is 0 Å². The number of hydrogen-bond acceptors (Lipinski definition) is 4. The smallest absolute Gasteiger partial charge is 0.292 e. The summed E-state index contributed by atoms with van der Waals surface area (Å²) in [6, 6.07) is 6.11. The van der Waals surface area contributed by atoms with Gasteiger partial charge in [0.2, 0.25) is 0 Å². The van der Waals surface area contributed by atoms with Crippen molar-refractivity contribution in [3.63, 3.8) is 0 Å². The Morgan fingerprint density at radius 2 is 2.05 bits per heavy atom. The van der Waals surface area contributed by atoms with E-state index in [-0.39, 0.29) is 10.6 Å². The van der Waals surface area contributed by atoms with Crippen molar-refractivity contribution < 1.29 is 4.92 Å². The predicted molar refractivity (Wildman–Crippen MR) is 85.6 cm³/mol. The Labute approximate surface area is 126 Å². The van der Waals surface area contributed by atoms with Gasteiger partial charge in [-0.1, -0.05) is 25.8 Å². The lowest BCUT2D eigenvalue weighted by Crippen LogP contribution is -2.32. The quantitative estimate of drug-likeness (QED) is 0.613. The van der Waals surface area contributed by atoms with Crippen molar-refractivity contribution in [3.8, 4) is 0 Å². The Bertz CT molecular complexity index is 484. The van der Waals surface area contributed by atoms with Gasteiger partial charge in [0.15, 0.2) is 0 Å². The van der Waals surface area contributed by atoms with Gasteiger partial charge in [-0.25, -0.2) is 0 Å². The van der Waals surface area contributed by atoms with Crippen molar-refractivity contribution in [3.05, 3.63) is 33.9 Å². The molecule has 1 aromatic carbocycles. The van der Waals surface area contributed by atoms with Crippen molar-refractivity contribution in [1.82, 2.24) is 4.90 Å². The number of nitrogens with one attached hydrogen (secondary N) is 1. The Morgan fingerprint density at radius 1 is 1.33 bits per heavy atom. The molecule has 5 nitrogen and oxygen atoms in total. The molecule has 0 amide bonds. The summed E-state index contributed by atoms with van der Waals surface area (Å²) < 4.78 is 0. The molecule has 5 heteroatoms. The summed E-state index contributed by atoms with van der Waals surface area (Å²) in [7, 11) is 0. The van der Waals surface area contributed by atoms with E-state index in [2.05, 4.69) is 17.1 Å². The van der Waals surface area contributed by atoms with Gasteiger partial charge in [0.05, 0.1) is 4.92 Å². The lowest BCUT2D eigenvalue weighted by molar-refractivity contribution is -0.384. The van der Waals surface area contributed by atoms with E-state index in [1.807, 2.05) is 19.1 Å². The summed E-state index contributed by atoms with van der Waals surface area (Å²) in [6.07, 6.45) is 5.20. The molecule has 1 aromatic rings. The normalized spacial score (nSPS) is 15.6. The summed E-state index contributed by atoms with van der Waals surface area (Å²) in [5.41, 5.74) is 1.93. The molecular weight excluding hydrogens is 266 g/mol. The first-order valence-electron chi connectivity index (χ1n) is 7.91. The molecule has 2 rings (SSSR count). The van der Waals surface area contributed by atoms with E-state index in [0.29, 0.717) is 18.3 Å². The van der Waals surface area contributed by atoms with Crippen LogP contribution in [0.25, 0.3) is 0 Å². The highest BCUT2D eigenvalue weighted by atomic mass is 16.6. The summed E-state index contributed by atoms with van der Waals surface area (Å²) in [6.45, 7) is 6.72. The fourth-order valence-electron chi connectivity index (χ4n) is 3.18. The third-order valence-corrected chi connectivity index (χ3v) is 4.26. The molecule has 1 fully saturated rings. The lowest BCUT2D eigenvalue weighted by Gasteiger charge is -2.27. The van der Waals surface area contributed by atoms with Gasteiger partial charge in [-0.3, -0.25) is 15.0 Å². The molecule has 1 N–H and O–H groups in total. The van der Waals surface area contributed by atoms with E-state index < -0.39 is 0 Å². The van der Waals surface area contributed by atoms with Crippen molar-refractivity contribution in [2.24, 2.45) is 0 Å². The fourth-order valence-corrected chi connectivity index (χ4v) is 3.18. The summed E-state index contributed by atoms with van der Waals surface area (Å²) in [4.78, 5) is 13.2. The SMILES string of the molecule is CCNc1cc(CN(CC)C2CCCC2)ccc1[N+](=O)[O-]. The maximum atomic E-state index is 11.1. The highest BCUT2D eigenvalue weighted by Gasteiger charge is 2.22. The van der Waals surface area contributed by atoms with Crippen molar-refractivity contribution >= 4 is 11.4 Å². The molecule has 0 spiro atoms. The molecule has 0 radical (unpaired) electrons. The van der Waals surface area contributed by atoms with Crippen LogP contribution in [0.2, 0.25) is 0 Å². The number of nitro benzene ring substituents is 1. The molecule has 1 aliphatic rings. The summed E-state index contributed by atoms with van der Waals surface area (Å²) >= 11 is 0. The molecule has 21 heavy (non-hydrogen) atoms. The van der Waals surface area contributed by atoms with E-state index in [0.717, 1.165) is 18.7 Å². The Hall–Kier alpha value is -1.62. The van der Waals surface area contributed by atoms with Gasteiger partial charge in [-0.15, -0.1) is 0 Å². The van der Waals surface area contributed by atoms with Crippen LogP contribution in [0.15, 0.2) is 18.2 Å². The average Bonchev–Trinajstić information content (AvgIpc) is 2.99. The van der Waals surface area contributed by atoms with Gasteiger partial charge in [-0.05, 0) is 37.9 Å². The van der Waals surface area contributed by atoms with Crippen LogP contribution < -0.4 is 5.32 Å². The summed E-state index contributed by atoms with van der Waals surface area (Å²) in [5, 5.41) is 14.1. The Balaban J connectivity index is 2.15. The van der Waals surface area contributed by atoms with Crippen LogP contribution in [0.4, 0.5) is 11.4 Å². The van der Waals surface area contributed by atoms with Gasteiger partial charge < -0.3 is 5.32 Å². The number of nitrogens with zero attached hydrogens (tertiary/aromatic N) is 2. The third kappa shape index (κ3) is 3.94. The van der Waals surface area contributed by atoms with E-state index in [9.17, 15) is 10.1 Å². The van der Waals surface area contributed by atoms with Crippen LogP contribution in [-0.4, -0.2) is 29.0 Å². The number of nitro groups is 1. The zero-order valence-electron chi connectivity index (χ0n) is 13.0. The average molecular weight is 291 g/mol. The fraction of sp³-hybridized carbons (Fsp3) is 0.625. The molecular formula is C16H25N3O2. The largest absolute Gasteiger partial charge is 0.380 e. The molecule has 0 aliphatic heterocycles. The molecule has 0 unspecified atom stereocenters. The second-order valence-electron chi connectivity index (χ2n) is 5.64. The van der Waals surface area contributed by atoms with Crippen LogP contribution in [0.1, 0.15) is 45.1 Å². The summed E-state index contributed by atoms with van der Waals surface area (Å²) in [5.74, 6) is 0. The maximum Gasteiger partial charge on any atom is 0.292 e. The minimum atomic E-state index is -0.323. The zero-order valence-corrected chi connectivity index (χ0v) is 13.0. The second kappa shape index (κ2) is 7.41. The first-order valence-corrected chi connectivity index (χ1v) is 7.91. The molecule has 116 valence electrons. The Kier molecular flexibility index (Phi) is 5.56. The van der Waals surface area contributed by atoms with Crippen LogP contribution in [0.5, 0.6) is 0 Å². The first kappa shape index (κ1) is 15.8. The lowest BCUT2D eigenvalue weighted by atomic mass is 10.1.